The molecule has 0 aliphatic heterocycles. The summed E-state index contributed by atoms with van der Waals surface area (Å²) in [5.41, 5.74) is 2.21. The molecule has 6 heteroatoms. The standard InChI is InChI=1S/C11H7FN.C7H7NO2.Ir/c12-10-6-4-9(5-7-10)11-3-1-2-8-13-11;9-7(10)5-6-3-1-2-4-8-6;/h1-4,6-8H;1-4H,5H2,(H,9,10);/q-1;;. The normalized spacial score (nSPS) is 9.21. The maximum absolute atomic E-state index is 12.6. The minimum Gasteiger partial charge on any atom is -0.481 e. The first-order chi connectivity index (χ1) is 11.1. The monoisotopic (exact) mass is 502 g/mol. The summed E-state index contributed by atoms with van der Waals surface area (Å²) in [5.74, 6) is -1.13. The number of halogens is 1. The number of rotatable bonds is 3. The van der Waals surface area contributed by atoms with Crippen molar-refractivity contribution < 1.29 is 34.4 Å². The van der Waals surface area contributed by atoms with Crippen LogP contribution in [0.2, 0.25) is 0 Å². The quantitative estimate of drug-likeness (QED) is 0.559. The second-order valence-corrected chi connectivity index (χ2v) is 4.53. The van der Waals surface area contributed by atoms with Crippen molar-refractivity contribution in [3.63, 3.8) is 0 Å². The van der Waals surface area contributed by atoms with Crippen LogP contribution in [-0.4, -0.2) is 21.0 Å². The molecule has 0 atom stereocenters. The molecule has 0 saturated heterocycles. The summed E-state index contributed by atoms with van der Waals surface area (Å²) in [5, 5.41) is 8.33. The Morgan fingerprint density at radius 1 is 1.04 bits per heavy atom. The Hall–Kier alpha value is -2.43. The molecule has 1 radical (unpaired) electrons. The number of aromatic nitrogens is 2. The molecule has 1 N–H and O–H groups in total. The number of carboxylic acid groups (broad SMARTS) is 1. The van der Waals surface area contributed by atoms with Gasteiger partial charge in [0.05, 0.1) is 12.1 Å². The second-order valence-electron chi connectivity index (χ2n) is 4.53. The van der Waals surface area contributed by atoms with E-state index in [0.717, 1.165) is 11.3 Å². The van der Waals surface area contributed by atoms with Gasteiger partial charge in [0, 0.05) is 38.3 Å². The fourth-order valence-electron chi connectivity index (χ4n) is 1.74. The van der Waals surface area contributed by atoms with E-state index in [1.807, 2.05) is 18.2 Å². The Morgan fingerprint density at radius 2 is 1.75 bits per heavy atom. The van der Waals surface area contributed by atoms with Crippen LogP contribution in [0.3, 0.4) is 0 Å². The molecule has 3 aromatic rings. The van der Waals surface area contributed by atoms with Crippen molar-refractivity contribution in [2.24, 2.45) is 0 Å². The van der Waals surface area contributed by atoms with Crippen molar-refractivity contribution in [1.82, 2.24) is 9.97 Å². The average Bonchev–Trinajstić information content (AvgIpc) is 2.57. The zero-order valence-corrected chi connectivity index (χ0v) is 14.9. The zero-order valence-electron chi connectivity index (χ0n) is 12.5. The van der Waals surface area contributed by atoms with E-state index < -0.39 is 5.97 Å². The van der Waals surface area contributed by atoms with Gasteiger partial charge in [-0.1, -0.05) is 18.2 Å². The van der Waals surface area contributed by atoms with Crippen LogP contribution in [0, 0.1) is 11.9 Å². The van der Waals surface area contributed by atoms with Crippen LogP contribution in [0.1, 0.15) is 5.69 Å². The number of nitrogens with zero attached hydrogens (tertiary/aromatic N) is 2. The minimum atomic E-state index is -0.848. The van der Waals surface area contributed by atoms with Gasteiger partial charge in [-0.3, -0.25) is 14.2 Å². The van der Waals surface area contributed by atoms with Crippen LogP contribution >= 0.6 is 0 Å². The molecule has 125 valence electrons. The molecule has 0 spiro atoms. The van der Waals surface area contributed by atoms with Gasteiger partial charge in [0.25, 0.3) is 0 Å². The van der Waals surface area contributed by atoms with Crippen LogP contribution in [0.25, 0.3) is 11.3 Å². The molecule has 0 bridgehead atoms. The molecule has 0 amide bonds. The molecular weight excluding hydrogens is 487 g/mol. The first-order valence-corrected chi connectivity index (χ1v) is 6.85. The SMILES string of the molecule is Fc1c[c-]c(-c2ccccn2)cc1.O=C(O)Cc1ccccn1.[Ir]. The Labute approximate surface area is 152 Å². The summed E-state index contributed by atoms with van der Waals surface area (Å²) in [6, 6.07) is 18.0. The molecule has 1 aromatic carbocycles. The van der Waals surface area contributed by atoms with E-state index in [2.05, 4.69) is 16.0 Å². The zero-order chi connectivity index (χ0) is 16.5. The van der Waals surface area contributed by atoms with Gasteiger partial charge in [-0.05, 0) is 23.9 Å². The third-order valence-electron chi connectivity index (χ3n) is 2.77. The summed E-state index contributed by atoms with van der Waals surface area (Å²) >= 11 is 0. The summed E-state index contributed by atoms with van der Waals surface area (Å²) in [7, 11) is 0. The number of hydrogen-bond acceptors (Lipinski definition) is 3. The third-order valence-corrected chi connectivity index (χ3v) is 2.77. The van der Waals surface area contributed by atoms with Gasteiger partial charge in [0.15, 0.2) is 0 Å². The van der Waals surface area contributed by atoms with Crippen molar-refractivity contribution in [3.8, 4) is 11.3 Å². The van der Waals surface area contributed by atoms with Gasteiger partial charge in [-0.2, -0.15) is 0 Å². The maximum atomic E-state index is 12.6. The molecule has 2 heterocycles. The maximum Gasteiger partial charge on any atom is 0.309 e. The molecule has 0 saturated carbocycles. The number of pyridine rings is 2. The van der Waals surface area contributed by atoms with Gasteiger partial charge in [-0.25, -0.2) is 0 Å². The average molecular weight is 502 g/mol. The van der Waals surface area contributed by atoms with E-state index in [1.165, 1.54) is 12.1 Å². The van der Waals surface area contributed by atoms with Crippen molar-refractivity contribution in [2.45, 2.75) is 6.42 Å². The molecule has 0 unspecified atom stereocenters. The summed E-state index contributed by atoms with van der Waals surface area (Å²) < 4.78 is 12.6. The van der Waals surface area contributed by atoms with E-state index >= 15 is 0 Å². The van der Waals surface area contributed by atoms with Crippen molar-refractivity contribution in [3.05, 3.63) is 84.6 Å². The summed E-state index contributed by atoms with van der Waals surface area (Å²) in [6.45, 7) is 0. The molecule has 0 aliphatic rings. The second kappa shape index (κ2) is 10.4. The van der Waals surface area contributed by atoms with E-state index in [4.69, 9.17) is 5.11 Å². The third kappa shape index (κ3) is 6.77. The smallest absolute Gasteiger partial charge is 0.309 e. The number of benzene rings is 1. The van der Waals surface area contributed by atoms with Crippen molar-refractivity contribution >= 4 is 5.97 Å². The molecule has 24 heavy (non-hydrogen) atoms. The fourth-order valence-corrected chi connectivity index (χ4v) is 1.74. The van der Waals surface area contributed by atoms with Gasteiger partial charge in [-0.15, -0.1) is 29.8 Å². The molecular formula is C18H14FIrN2O2-. The van der Waals surface area contributed by atoms with Crippen LogP contribution in [0.15, 0.2) is 67.0 Å². The van der Waals surface area contributed by atoms with E-state index in [0.29, 0.717) is 5.69 Å². The van der Waals surface area contributed by atoms with Gasteiger partial charge >= 0.3 is 5.97 Å². The molecule has 0 fully saturated rings. The van der Waals surface area contributed by atoms with E-state index in [9.17, 15) is 9.18 Å². The minimum absolute atomic E-state index is 0. The van der Waals surface area contributed by atoms with Crippen LogP contribution in [0.5, 0.6) is 0 Å². The number of aliphatic carboxylic acids is 1. The van der Waals surface area contributed by atoms with Crippen molar-refractivity contribution in [1.29, 1.82) is 0 Å². The van der Waals surface area contributed by atoms with Crippen LogP contribution in [0.4, 0.5) is 4.39 Å². The molecule has 0 aliphatic carbocycles. The molecule has 2 aromatic heterocycles. The summed E-state index contributed by atoms with van der Waals surface area (Å²) in [6.07, 6.45) is 3.28. The van der Waals surface area contributed by atoms with Crippen LogP contribution < -0.4 is 0 Å². The Morgan fingerprint density at radius 3 is 2.25 bits per heavy atom. The van der Waals surface area contributed by atoms with Crippen molar-refractivity contribution in [2.75, 3.05) is 0 Å². The fraction of sp³-hybridized carbons (Fsp3) is 0.0556. The number of carboxylic acids is 1. The Balaban J connectivity index is 0.000000238. The predicted molar refractivity (Wildman–Crippen MR) is 84.0 cm³/mol. The predicted octanol–water partition coefficient (Wildman–Crippen LogP) is 3.39. The van der Waals surface area contributed by atoms with E-state index in [-0.39, 0.29) is 32.3 Å². The Bertz CT molecular complexity index is 738. The topological polar surface area (TPSA) is 63.1 Å². The van der Waals surface area contributed by atoms with Gasteiger partial charge < -0.3 is 10.1 Å². The number of hydrogen-bond donors (Lipinski definition) is 1. The summed E-state index contributed by atoms with van der Waals surface area (Å²) in [4.78, 5) is 18.1. The number of carbonyl (C=O) groups is 1. The first kappa shape index (κ1) is 19.6. The van der Waals surface area contributed by atoms with E-state index in [1.54, 1.807) is 36.7 Å². The van der Waals surface area contributed by atoms with Gasteiger partial charge in [0.2, 0.25) is 0 Å². The molecule has 3 rings (SSSR count). The Kier molecular flexibility index (Phi) is 8.47. The van der Waals surface area contributed by atoms with Crippen LogP contribution in [-0.2, 0) is 31.3 Å². The van der Waals surface area contributed by atoms with Gasteiger partial charge in [0.1, 0.15) is 0 Å². The largest absolute Gasteiger partial charge is 0.481 e. The molecule has 4 nitrogen and oxygen atoms in total. The first-order valence-electron chi connectivity index (χ1n) is 6.85.